The molecule has 0 radical (unpaired) electrons. The molecule has 2 rings (SSSR count). The standard InChI is InChI=1S/C13H11Br2ClOS/c1-7-10(14)6-12(18-7)13(15)9-4-3-8(16)5-11(9)17-2/h3-6,13H,1-2H3. The second-order valence-corrected chi connectivity index (χ2v) is 7.30. The summed E-state index contributed by atoms with van der Waals surface area (Å²) in [5, 5.41) is 0.679. The predicted molar refractivity (Wildman–Crippen MR) is 85.5 cm³/mol. The van der Waals surface area contributed by atoms with Crippen LogP contribution in [0.4, 0.5) is 0 Å². The van der Waals surface area contributed by atoms with Crippen molar-refractivity contribution in [2.24, 2.45) is 0 Å². The molecule has 2 aromatic rings. The van der Waals surface area contributed by atoms with Crippen molar-refractivity contribution >= 4 is 54.8 Å². The summed E-state index contributed by atoms with van der Waals surface area (Å²) in [6.07, 6.45) is 0. The zero-order chi connectivity index (χ0) is 13.3. The molecule has 0 aliphatic carbocycles. The van der Waals surface area contributed by atoms with Crippen molar-refractivity contribution in [3.63, 3.8) is 0 Å². The van der Waals surface area contributed by atoms with E-state index in [0.29, 0.717) is 5.02 Å². The number of methoxy groups -OCH3 is 1. The Morgan fingerprint density at radius 3 is 2.61 bits per heavy atom. The lowest BCUT2D eigenvalue weighted by Gasteiger charge is -2.13. The molecule has 1 unspecified atom stereocenters. The van der Waals surface area contributed by atoms with E-state index in [9.17, 15) is 0 Å². The van der Waals surface area contributed by atoms with Gasteiger partial charge in [-0.05, 0) is 41.1 Å². The molecule has 0 bridgehead atoms. The predicted octanol–water partition coefficient (Wildman–Crippen LogP) is 5.97. The highest BCUT2D eigenvalue weighted by molar-refractivity contribution is 9.10. The normalized spacial score (nSPS) is 12.5. The lowest BCUT2D eigenvalue weighted by atomic mass is 10.1. The van der Waals surface area contributed by atoms with Gasteiger partial charge in [-0.25, -0.2) is 0 Å². The fourth-order valence-electron chi connectivity index (χ4n) is 1.65. The molecular weight excluding hydrogens is 399 g/mol. The van der Waals surface area contributed by atoms with E-state index in [4.69, 9.17) is 16.3 Å². The van der Waals surface area contributed by atoms with Crippen LogP contribution >= 0.6 is 54.8 Å². The Morgan fingerprint density at radius 2 is 2.06 bits per heavy atom. The number of hydrogen-bond donors (Lipinski definition) is 0. The fourth-order valence-corrected chi connectivity index (χ4v) is 4.17. The van der Waals surface area contributed by atoms with Gasteiger partial charge in [0, 0.05) is 24.8 Å². The smallest absolute Gasteiger partial charge is 0.125 e. The van der Waals surface area contributed by atoms with Crippen molar-refractivity contribution in [3.8, 4) is 5.75 Å². The van der Waals surface area contributed by atoms with Gasteiger partial charge in [-0.15, -0.1) is 11.3 Å². The molecule has 1 aromatic heterocycles. The van der Waals surface area contributed by atoms with E-state index in [1.807, 2.05) is 18.2 Å². The molecule has 0 N–H and O–H groups in total. The fraction of sp³-hybridized carbons (Fsp3) is 0.231. The Labute approximate surface area is 132 Å². The highest BCUT2D eigenvalue weighted by Crippen LogP contribution is 2.42. The molecule has 1 nitrogen and oxygen atoms in total. The Hall–Kier alpha value is -0.0300. The summed E-state index contributed by atoms with van der Waals surface area (Å²) >= 11 is 15.0. The van der Waals surface area contributed by atoms with Crippen LogP contribution < -0.4 is 4.74 Å². The molecule has 0 amide bonds. The maximum absolute atomic E-state index is 5.98. The number of halogens is 3. The molecular formula is C13H11Br2ClOS. The Bertz CT molecular complexity index is 549. The first-order chi connectivity index (χ1) is 8.52. The number of alkyl halides is 1. The minimum atomic E-state index is 0.111. The first kappa shape index (κ1) is 14.4. The summed E-state index contributed by atoms with van der Waals surface area (Å²) in [7, 11) is 1.66. The van der Waals surface area contributed by atoms with Crippen LogP contribution in [0.5, 0.6) is 5.75 Å². The molecule has 18 heavy (non-hydrogen) atoms. The van der Waals surface area contributed by atoms with Crippen molar-refractivity contribution < 1.29 is 4.74 Å². The minimum absolute atomic E-state index is 0.111. The van der Waals surface area contributed by atoms with Gasteiger partial charge in [0.05, 0.1) is 11.9 Å². The van der Waals surface area contributed by atoms with Crippen LogP contribution in [-0.2, 0) is 0 Å². The molecule has 1 atom stereocenters. The van der Waals surface area contributed by atoms with Crippen molar-refractivity contribution in [1.29, 1.82) is 0 Å². The molecule has 96 valence electrons. The Balaban J connectivity index is 2.42. The average molecular weight is 411 g/mol. The number of rotatable bonds is 3. The zero-order valence-corrected chi connectivity index (χ0v) is 14.6. The number of hydrogen-bond acceptors (Lipinski definition) is 2. The van der Waals surface area contributed by atoms with Crippen LogP contribution in [0.25, 0.3) is 0 Å². The van der Waals surface area contributed by atoms with Gasteiger partial charge in [0.15, 0.2) is 0 Å². The summed E-state index contributed by atoms with van der Waals surface area (Å²) in [6.45, 7) is 2.09. The zero-order valence-electron chi connectivity index (χ0n) is 9.84. The van der Waals surface area contributed by atoms with Crippen LogP contribution in [-0.4, -0.2) is 7.11 Å². The lowest BCUT2D eigenvalue weighted by Crippen LogP contribution is -1.95. The first-order valence-electron chi connectivity index (χ1n) is 5.26. The first-order valence-corrected chi connectivity index (χ1v) is 8.16. The van der Waals surface area contributed by atoms with Gasteiger partial charge in [-0.3, -0.25) is 0 Å². The van der Waals surface area contributed by atoms with E-state index in [0.717, 1.165) is 15.8 Å². The molecule has 0 aliphatic rings. The molecule has 0 spiro atoms. The Kier molecular flexibility index (Phi) is 4.75. The number of aryl methyl sites for hydroxylation is 1. The van der Waals surface area contributed by atoms with Gasteiger partial charge in [0.1, 0.15) is 5.75 Å². The minimum Gasteiger partial charge on any atom is -0.496 e. The third kappa shape index (κ3) is 2.93. The quantitative estimate of drug-likeness (QED) is 0.567. The van der Waals surface area contributed by atoms with Crippen LogP contribution in [0.1, 0.15) is 20.1 Å². The van der Waals surface area contributed by atoms with Crippen LogP contribution in [0.2, 0.25) is 5.02 Å². The molecule has 0 saturated carbocycles. The van der Waals surface area contributed by atoms with Crippen LogP contribution in [0.15, 0.2) is 28.7 Å². The second-order valence-electron chi connectivity index (χ2n) is 3.80. The van der Waals surface area contributed by atoms with Gasteiger partial charge in [-0.2, -0.15) is 0 Å². The summed E-state index contributed by atoms with van der Waals surface area (Å²) in [5.41, 5.74) is 1.08. The van der Waals surface area contributed by atoms with Crippen molar-refractivity contribution in [3.05, 3.63) is 49.1 Å². The molecule has 1 heterocycles. The second kappa shape index (κ2) is 5.95. The van der Waals surface area contributed by atoms with Crippen molar-refractivity contribution in [1.82, 2.24) is 0 Å². The number of ether oxygens (including phenoxy) is 1. The van der Waals surface area contributed by atoms with Gasteiger partial charge >= 0.3 is 0 Å². The molecule has 0 aliphatic heterocycles. The van der Waals surface area contributed by atoms with E-state index in [2.05, 4.69) is 44.8 Å². The SMILES string of the molecule is COc1cc(Cl)ccc1C(Br)c1cc(Br)c(C)s1. The topological polar surface area (TPSA) is 9.23 Å². The summed E-state index contributed by atoms with van der Waals surface area (Å²) in [6, 6.07) is 7.83. The summed E-state index contributed by atoms with van der Waals surface area (Å²) in [5.74, 6) is 0.798. The van der Waals surface area contributed by atoms with E-state index < -0.39 is 0 Å². The largest absolute Gasteiger partial charge is 0.496 e. The monoisotopic (exact) mass is 408 g/mol. The van der Waals surface area contributed by atoms with Gasteiger partial charge in [0.2, 0.25) is 0 Å². The highest BCUT2D eigenvalue weighted by Gasteiger charge is 2.18. The molecule has 0 fully saturated rings. The Morgan fingerprint density at radius 1 is 1.33 bits per heavy atom. The molecule has 0 saturated heterocycles. The van der Waals surface area contributed by atoms with E-state index in [-0.39, 0.29) is 4.83 Å². The highest BCUT2D eigenvalue weighted by atomic mass is 79.9. The number of thiophene rings is 1. The van der Waals surface area contributed by atoms with Crippen molar-refractivity contribution in [2.75, 3.05) is 7.11 Å². The van der Waals surface area contributed by atoms with E-state index in [1.54, 1.807) is 18.4 Å². The summed E-state index contributed by atoms with van der Waals surface area (Å²) < 4.78 is 6.52. The average Bonchev–Trinajstić information content (AvgIpc) is 2.68. The number of benzene rings is 1. The lowest BCUT2D eigenvalue weighted by molar-refractivity contribution is 0.410. The van der Waals surface area contributed by atoms with Gasteiger partial charge in [-0.1, -0.05) is 33.6 Å². The third-order valence-electron chi connectivity index (χ3n) is 2.59. The maximum atomic E-state index is 5.98. The maximum Gasteiger partial charge on any atom is 0.125 e. The van der Waals surface area contributed by atoms with Gasteiger partial charge < -0.3 is 4.74 Å². The van der Waals surface area contributed by atoms with Crippen LogP contribution in [0, 0.1) is 6.92 Å². The van der Waals surface area contributed by atoms with Crippen LogP contribution in [0.3, 0.4) is 0 Å². The van der Waals surface area contributed by atoms with E-state index in [1.165, 1.54) is 9.75 Å². The van der Waals surface area contributed by atoms with E-state index >= 15 is 0 Å². The van der Waals surface area contributed by atoms with Crippen molar-refractivity contribution in [2.45, 2.75) is 11.8 Å². The van der Waals surface area contributed by atoms with Gasteiger partial charge in [0.25, 0.3) is 0 Å². The molecule has 1 aromatic carbocycles. The molecule has 5 heteroatoms. The third-order valence-corrected chi connectivity index (χ3v) is 6.32. The summed E-state index contributed by atoms with van der Waals surface area (Å²) in [4.78, 5) is 2.61.